The number of nitrogens with zero attached hydrogens (tertiary/aromatic N) is 2. The fraction of sp³-hybridized carbons (Fsp3) is 0.214. The van der Waals surface area contributed by atoms with Crippen molar-refractivity contribution in [3.63, 3.8) is 0 Å². The minimum atomic E-state index is -0.530. The Bertz CT molecular complexity index is 649. The van der Waals surface area contributed by atoms with Crippen LogP contribution in [0.1, 0.15) is 5.56 Å². The molecular weight excluding hydrogens is 277 g/mol. The molecule has 0 saturated carbocycles. The predicted molar refractivity (Wildman–Crippen MR) is 76.0 cm³/mol. The maximum absolute atomic E-state index is 13.5. The van der Waals surface area contributed by atoms with E-state index in [0.29, 0.717) is 18.5 Å². The summed E-state index contributed by atoms with van der Waals surface area (Å²) in [7, 11) is 1.43. The molecule has 2 aromatic rings. The van der Waals surface area contributed by atoms with Gasteiger partial charge in [0.2, 0.25) is 11.7 Å². The fourth-order valence-electron chi connectivity index (χ4n) is 1.84. The zero-order valence-corrected chi connectivity index (χ0v) is 11.4. The van der Waals surface area contributed by atoms with E-state index in [9.17, 15) is 14.5 Å². The molecule has 21 heavy (non-hydrogen) atoms. The summed E-state index contributed by atoms with van der Waals surface area (Å²) < 4.78 is 18.4. The summed E-state index contributed by atoms with van der Waals surface area (Å²) in [4.78, 5) is 14.4. The van der Waals surface area contributed by atoms with Gasteiger partial charge in [-0.1, -0.05) is 18.2 Å². The van der Waals surface area contributed by atoms with Crippen molar-refractivity contribution in [1.29, 1.82) is 0 Å². The van der Waals surface area contributed by atoms with E-state index in [1.165, 1.54) is 25.3 Å². The van der Waals surface area contributed by atoms with Crippen LogP contribution in [0.25, 0.3) is 0 Å². The summed E-state index contributed by atoms with van der Waals surface area (Å²) in [5, 5.41) is 13.8. The van der Waals surface area contributed by atoms with Crippen LogP contribution in [0.4, 0.5) is 15.9 Å². The van der Waals surface area contributed by atoms with E-state index in [4.69, 9.17) is 4.74 Å². The third kappa shape index (κ3) is 3.65. The minimum absolute atomic E-state index is 0.107. The first kappa shape index (κ1) is 14.7. The number of benzene rings is 1. The van der Waals surface area contributed by atoms with Gasteiger partial charge in [0.15, 0.2) is 0 Å². The van der Waals surface area contributed by atoms with Crippen LogP contribution >= 0.6 is 0 Å². The van der Waals surface area contributed by atoms with Crippen LogP contribution in [-0.2, 0) is 6.42 Å². The molecule has 0 amide bonds. The van der Waals surface area contributed by atoms with Gasteiger partial charge in [-0.25, -0.2) is 4.39 Å². The Morgan fingerprint density at radius 2 is 2.10 bits per heavy atom. The van der Waals surface area contributed by atoms with E-state index in [0.717, 1.165) is 0 Å². The standard InChI is InChI=1S/C14H14FN3O3/c1-21-13-7-6-12(18(19)20)14(17-13)16-9-8-10-4-2-3-5-11(10)15/h2-7H,8-9H2,1H3,(H,16,17). The highest BCUT2D eigenvalue weighted by Gasteiger charge is 2.16. The molecule has 0 spiro atoms. The lowest BCUT2D eigenvalue weighted by Crippen LogP contribution is -2.09. The summed E-state index contributed by atoms with van der Waals surface area (Å²) in [5.41, 5.74) is 0.389. The van der Waals surface area contributed by atoms with Crippen LogP contribution in [-0.4, -0.2) is 23.6 Å². The van der Waals surface area contributed by atoms with Crippen molar-refractivity contribution in [3.05, 3.63) is 57.9 Å². The monoisotopic (exact) mass is 291 g/mol. The van der Waals surface area contributed by atoms with Gasteiger partial charge in [0.25, 0.3) is 0 Å². The van der Waals surface area contributed by atoms with Crippen molar-refractivity contribution >= 4 is 11.5 Å². The highest BCUT2D eigenvalue weighted by atomic mass is 19.1. The van der Waals surface area contributed by atoms with Gasteiger partial charge in [-0.15, -0.1) is 0 Å². The highest BCUT2D eigenvalue weighted by Crippen LogP contribution is 2.24. The van der Waals surface area contributed by atoms with Crippen molar-refractivity contribution in [2.75, 3.05) is 19.0 Å². The molecule has 6 nitrogen and oxygen atoms in total. The highest BCUT2D eigenvalue weighted by molar-refractivity contribution is 5.57. The van der Waals surface area contributed by atoms with E-state index >= 15 is 0 Å². The molecule has 110 valence electrons. The molecule has 0 unspecified atom stereocenters. The lowest BCUT2D eigenvalue weighted by molar-refractivity contribution is -0.384. The SMILES string of the molecule is COc1ccc([N+](=O)[O-])c(NCCc2ccccc2F)n1. The molecule has 0 atom stereocenters. The summed E-state index contributed by atoms with van der Waals surface area (Å²) in [6, 6.07) is 9.13. The van der Waals surface area contributed by atoms with E-state index in [2.05, 4.69) is 10.3 Å². The molecule has 2 rings (SSSR count). The van der Waals surface area contributed by atoms with Crippen molar-refractivity contribution in [3.8, 4) is 5.88 Å². The molecule has 1 heterocycles. The van der Waals surface area contributed by atoms with Gasteiger partial charge in [0.05, 0.1) is 12.0 Å². The van der Waals surface area contributed by atoms with Gasteiger partial charge in [0, 0.05) is 18.7 Å². The first-order valence-electron chi connectivity index (χ1n) is 6.28. The van der Waals surface area contributed by atoms with Crippen molar-refractivity contribution in [1.82, 2.24) is 4.98 Å². The zero-order valence-electron chi connectivity index (χ0n) is 11.4. The second-order valence-corrected chi connectivity index (χ2v) is 4.25. The summed E-state index contributed by atoms with van der Waals surface area (Å²) in [6.45, 7) is 0.321. The minimum Gasteiger partial charge on any atom is -0.481 e. The molecule has 0 fully saturated rings. The largest absolute Gasteiger partial charge is 0.481 e. The molecule has 0 aliphatic rings. The number of halogens is 1. The number of methoxy groups -OCH3 is 1. The van der Waals surface area contributed by atoms with Crippen LogP contribution in [0.3, 0.4) is 0 Å². The number of aromatic nitrogens is 1. The van der Waals surface area contributed by atoms with Crippen molar-refractivity contribution in [2.24, 2.45) is 0 Å². The molecule has 1 aromatic heterocycles. The first-order chi connectivity index (χ1) is 10.1. The molecule has 0 radical (unpaired) electrons. The second-order valence-electron chi connectivity index (χ2n) is 4.25. The smallest absolute Gasteiger partial charge is 0.311 e. The Morgan fingerprint density at radius 3 is 2.76 bits per heavy atom. The van der Waals surface area contributed by atoms with E-state index in [-0.39, 0.29) is 23.2 Å². The Labute approximate surface area is 120 Å². The molecule has 0 aliphatic heterocycles. The zero-order chi connectivity index (χ0) is 15.2. The quantitative estimate of drug-likeness (QED) is 0.654. The first-order valence-corrected chi connectivity index (χ1v) is 6.28. The van der Waals surface area contributed by atoms with Gasteiger partial charge in [0.1, 0.15) is 5.82 Å². The molecule has 1 N–H and O–H groups in total. The molecule has 1 aromatic carbocycles. The van der Waals surface area contributed by atoms with Crippen LogP contribution < -0.4 is 10.1 Å². The van der Waals surface area contributed by atoms with Crippen LogP contribution in [0, 0.1) is 15.9 Å². The van der Waals surface area contributed by atoms with Crippen LogP contribution in [0.5, 0.6) is 5.88 Å². The number of nitrogens with one attached hydrogen (secondary N) is 1. The average Bonchev–Trinajstić information content (AvgIpc) is 2.48. The number of hydrogen-bond acceptors (Lipinski definition) is 5. The molecule has 7 heteroatoms. The van der Waals surface area contributed by atoms with Gasteiger partial charge in [-0.2, -0.15) is 4.98 Å². The van der Waals surface area contributed by atoms with Crippen molar-refractivity contribution < 1.29 is 14.1 Å². The number of rotatable bonds is 6. The van der Waals surface area contributed by atoms with E-state index < -0.39 is 4.92 Å². The molecular formula is C14H14FN3O3. The second kappa shape index (κ2) is 6.65. The van der Waals surface area contributed by atoms with Crippen molar-refractivity contribution in [2.45, 2.75) is 6.42 Å². The Hall–Kier alpha value is -2.70. The third-order valence-corrected chi connectivity index (χ3v) is 2.90. The van der Waals surface area contributed by atoms with E-state index in [1.54, 1.807) is 18.2 Å². The number of pyridine rings is 1. The van der Waals surface area contributed by atoms with Gasteiger partial charge < -0.3 is 10.1 Å². The Balaban J connectivity index is 2.08. The topological polar surface area (TPSA) is 77.3 Å². The summed E-state index contributed by atoms with van der Waals surface area (Å²) in [5.74, 6) is 0.0806. The average molecular weight is 291 g/mol. The lowest BCUT2D eigenvalue weighted by Gasteiger charge is -2.08. The Kier molecular flexibility index (Phi) is 4.65. The normalized spacial score (nSPS) is 10.2. The maximum Gasteiger partial charge on any atom is 0.311 e. The van der Waals surface area contributed by atoms with Gasteiger partial charge >= 0.3 is 5.69 Å². The molecule has 0 bridgehead atoms. The third-order valence-electron chi connectivity index (χ3n) is 2.90. The predicted octanol–water partition coefficient (Wildman–Crippen LogP) is 2.79. The van der Waals surface area contributed by atoms with Crippen LogP contribution in [0.15, 0.2) is 36.4 Å². The fourth-order valence-corrected chi connectivity index (χ4v) is 1.84. The molecule has 0 saturated heterocycles. The number of anilines is 1. The lowest BCUT2D eigenvalue weighted by atomic mass is 10.1. The van der Waals surface area contributed by atoms with Crippen LogP contribution in [0.2, 0.25) is 0 Å². The molecule has 0 aliphatic carbocycles. The summed E-state index contributed by atoms with van der Waals surface area (Å²) >= 11 is 0. The number of ether oxygens (including phenoxy) is 1. The van der Waals surface area contributed by atoms with Gasteiger partial charge in [-0.05, 0) is 18.1 Å². The summed E-state index contributed by atoms with van der Waals surface area (Å²) in [6.07, 6.45) is 0.392. The number of hydrogen-bond donors (Lipinski definition) is 1. The van der Waals surface area contributed by atoms with Gasteiger partial charge in [-0.3, -0.25) is 10.1 Å². The van der Waals surface area contributed by atoms with E-state index in [1.807, 2.05) is 0 Å². The maximum atomic E-state index is 13.5. The number of nitro groups is 1. The Morgan fingerprint density at radius 1 is 1.33 bits per heavy atom.